The highest BCUT2D eigenvalue weighted by atomic mass is 32.1. The number of hydrogen-bond acceptors (Lipinski definition) is 4. The van der Waals surface area contributed by atoms with E-state index in [9.17, 15) is 4.79 Å². The third-order valence-electron chi connectivity index (χ3n) is 2.87. The van der Waals surface area contributed by atoms with E-state index in [-0.39, 0.29) is 6.10 Å². The maximum atomic E-state index is 10.7. The van der Waals surface area contributed by atoms with Gasteiger partial charge in [-0.05, 0) is 49.3 Å². The summed E-state index contributed by atoms with van der Waals surface area (Å²) in [5, 5.41) is 2.32. The first-order valence-electron chi connectivity index (χ1n) is 5.86. The van der Waals surface area contributed by atoms with Crippen LogP contribution < -0.4 is 4.74 Å². The number of isothiocyanates is 1. The van der Waals surface area contributed by atoms with Crippen LogP contribution in [0.25, 0.3) is 0 Å². The molecule has 1 heterocycles. The number of amides is 1. The van der Waals surface area contributed by atoms with Crippen molar-refractivity contribution in [2.75, 3.05) is 13.1 Å². The van der Waals surface area contributed by atoms with Crippen molar-refractivity contribution in [1.29, 1.82) is 0 Å². The Hall–Kier alpha value is -1.71. The summed E-state index contributed by atoms with van der Waals surface area (Å²) in [6.45, 7) is 1.48. The third-order valence-corrected chi connectivity index (χ3v) is 2.96. The molecule has 1 unspecified atom stereocenters. The predicted octanol–water partition coefficient (Wildman–Crippen LogP) is 2.42. The Kier molecular flexibility index (Phi) is 4.45. The van der Waals surface area contributed by atoms with Gasteiger partial charge in [-0.2, -0.15) is 4.99 Å². The van der Waals surface area contributed by atoms with E-state index in [0.717, 1.165) is 37.2 Å². The highest BCUT2D eigenvalue weighted by Gasteiger charge is 2.19. The number of likely N-dealkylation sites (tertiary alicyclic amines) is 1. The second-order valence-electron chi connectivity index (χ2n) is 4.18. The van der Waals surface area contributed by atoms with Gasteiger partial charge in [0.05, 0.1) is 17.4 Å². The number of nitrogens with zero attached hydrogens (tertiary/aromatic N) is 2. The molecule has 1 saturated heterocycles. The molecule has 1 aliphatic heterocycles. The number of ether oxygens (including phenoxy) is 1. The summed E-state index contributed by atoms with van der Waals surface area (Å²) in [5.41, 5.74) is 0.760. The maximum absolute atomic E-state index is 10.7. The van der Waals surface area contributed by atoms with Crippen LogP contribution in [0.3, 0.4) is 0 Å². The lowest BCUT2D eigenvalue weighted by molar-refractivity contribution is -0.120. The molecule has 0 aromatic heterocycles. The van der Waals surface area contributed by atoms with Crippen molar-refractivity contribution < 1.29 is 9.53 Å². The van der Waals surface area contributed by atoms with Crippen LogP contribution in [0.1, 0.15) is 12.8 Å². The van der Waals surface area contributed by atoms with E-state index in [0.29, 0.717) is 6.54 Å². The maximum Gasteiger partial charge on any atom is 0.209 e. The van der Waals surface area contributed by atoms with Gasteiger partial charge in [0.2, 0.25) is 6.41 Å². The Morgan fingerprint density at radius 3 is 2.89 bits per heavy atom. The summed E-state index contributed by atoms with van der Waals surface area (Å²) in [6, 6.07) is 7.36. The summed E-state index contributed by atoms with van der Waals surface area (Å²) in [6.07, 6.45) is 2.91. The number of benzene rings is 1. The molecule has 0 bridgehead atoms. The van der Waals surface area contributed by atoms with Gasteiger partial charge in [0.1, 0.15) is 11.9 Å². The summed E-state index contributed by atoms with van der Waals surface area (Å²) in [7, 11) is 0. The molecule has 1 fully saturated rings. The van der Waals surface area contributed by atoms with Gasteiger partial charge >= 0.3 is 0 Å². The fourth-order valence-electron chi connectivity index (χ4n) is 2.00. The second-order valence-corrected chi connectivity index (χ2v) is 4.36. The van der Waals surface area contributed by atoms with Crippen molar-refractivity contribution in [1.82, 2.24) is 4.90 Å². The molecule has 18 heavy (non-hydrogen) atoms. The van der Waals surface area contributed by atoms with Crippen LogP contribution in [-0.2, 0) is 4.79 Å². The third kappa shape index (κ3) is 3.39. The molecule has 0 spiro atoms. The average molecular weight is 262 g/mol. The molecule has 1 aromatic rings. The second kappa shape index (κ2) is 6.28. The van der Waals surface area contributed by atoms with Gasteiger partial charge in [0.25, 0.3) is 0 Å². The fourth-order valence-corrected chi connectivity index (χ4v) is 2.11. The number of hydrogen-bond donors (Lipinski definition) is 0. The largest absolute Gasteiger partial charge is 0.489 e. The van der Waals surface area contributed by atoms with Gasteiger partial charge in [-0.1, -0.05) is 0 Å². The lowest BCUT2D eigenvalue weighted by atomic mass is 10.1. The molecular weight excluding hydrogens is 248 g/mol. The number of rotatable bonds is 4. The van der Waals surface area contributed by atoms with E-state index < -0.39 is 0 Å². The normalized spacial score (nSPS) is 18.9. The highest BCUT2D eigenvalue weighted by Crippen LogP contribution is 2.21. The van der Waals surface area contributed by atoms with Crippen molar-refractivity contribution in [3.05, 3.63) is 24.3 Å². The Balaban J connectivity index is 1.96. The number of aliphatic imine (C=N–C) groups is 1. The molecule has 0 saturated carbocycles. The number of thiocarbonyl (C=S) groups is 1. The quantitative estimate of drug-likeness (QED) is 0.475. The highest BCUT2D eigenvalue weighted by molar-refractivity contribution is 7.78. The van der Waals surface area contributed by atoms with Gasteiger partial charge in [-0.3, -0.25) is 4.79 Å². The molecule has 2 rings (SSSR count). The van der Waals surface area contributed by atoms with Crippen LogP contribution in [0.4, 0.5) is 5.69 Å². The van der Waals surface area contributed by atoms with E-state index in [1.54, 1.807) is 4.90 Å². The Labute approximate surface area is 111 Å². The molecule has 1 atom stereocenters. The van der Waals surface area contributed by atoms with Gasteiger partial charge < -0.3 is 9.64 Å². The van der Waals surface area contributed by atoms with Gasteiger partial charge in [-0.15, -0.1) is 0 Å². The molecular formula is C13H14N2O2S. The van der Waals surface area contributed by atoms with Crippen molar-refractivity contribution in [2.45, 2.75) is 18.9 Å². The first-order chi connectivity index (χ1) is 8.81. The minimum atomic E-state index is 0.0730. The Bertz CT molecular complexity index is 455. The van der Waals surface area contributed by atoms with E-state index in [1.165, 1.54) is 0 Å². The van der Waals surface area contributed by atoms with Crippen LogP contribution in [0.15, 0.2) is 29.3 Å². The SMILES string of the molecule is O=CN1CCCC(Oc2ccc(N=C=S)cc2)C1. The number of carbonyl (C=O) groups excluding carboxylic acids is 1. The molecule has 1 amide bonds. The Morgan fingerprint density at radius 1 is 1.44 bits per heavy atom. The molecule has 0 radical (unpaired) electrons. The van der Waals surface area contributed by atoms with Crippen molar-refractivity contribution in [3.63, 3.8) is 0 Å². The van der Waals surface area contributed by atoms with Crippen LogP contribution in [0.5, 0.6) is 5.75 Å². The first kappa shape index (κ1) is 12.7. The zero-order valence-corrected chi connectivity index (χ0v) is 10.7. The topological polar surface area (TPSA) is 41.9 Å². The molecule has 1 aromatic carbocycles. The minimum Gasteiger partial charge on any atom is -0.489 e. The van der Waals surface area contributed by atoms with Crippen LogP contribution in [0, 0.1) is 0 Å². The van der Waals surface area contributed by atoms with Crippen LogP contribution >= 0.6 is 12.2 Å². The lowest BCUT2D eigenvalue weighted by Gasteiger charge is -2.30. The zero-order valence-electron chi connectivity index (χ0n) is 9.91. The van der Waals surface area contributed by atoms with Crippen molar-refractivity contribution >= 4 is 29.5 Å². The predicted molar refractivity (Wildman–Crippen MR) is 72.4 cm³/mol. The van der Waals surface area contributed by atoms with Crippen molar-refractivity contribution in [2.24, 2.45) is 4.99 Å². The zero-order chi connectivity index (χ0) is 12.8. The standard InChI is InChI=1S/C13H14N2O2S/c16-10-15-7-1-2-13(8-15)17-12-5-3-11(4-6-12)14-9-18/h3-6,10,13H,1-2,7-8H2. The molecule has 5 heteroatoms. The Morgan fingerprint density at radius 2 is 2.22 bits per heavy atom. The van der Waals surface area contributed by atoms with Gasteiger partial charge in [0, 0.05) is 6.54 Å². The van der Waals surface area contributed by atoms with Crippen molar-refractivity contribution in [3.8, 4) is 5.75 Å². The number of piperidine rings is 1. The molecule has 0 N–H and O–H groups in total. The molecule has 0 aliphatic carbocycles. The van der Waals surface area contributed by atoms with Crippen LogP contribution in [-0.4, -0.2) is 35.7 Å². The van der Waals surface area contributed by atoms with E-state index in [1.807, 2.05) is 24.3 Å². The molecule has 94 valence electrons. The smallest absolute Gasteiger partial charge is 0.209 e. The first-order valence-corrected chi connectivity index (χ1v) is 6.26. The lowest BCUT2D eigenvalue weighted by Crippen LogP contribution is -2.40. The number of carbonyl (C=O) groups is 1. The summed E-state index contributed by atoms with van der Waals surface area (Å²) >= 11 is 4.54. The average Bonchev–Trinajstić information content (AvgIpc) is 2.42. The summed E-state index contributed by atoms with van der Waals surface area (Å²) < 4.78 is 5.83. The fraction of sp³-hybridized carbons (Fsp3) is 0.385. The molecule has 4 nitrogen and oxygen atoms in total. The van der Waals surface area contributed by atoms with E-state index >= 15 is 0 Å². The van der Waals surface area contributed by atoms with Gasteiger partial charge in [0.15, 0.2) is 0 Å². The van der Waals surface area contributed by atoms with Gasteiger partial charge in [-0.25, -0.2) is 0 Å². The van der Waals surface area contributed by atoms with Crippen LogP contribution in [0.2, 0.25) is 0 Å². The van der Waals surface area contributed by atoms with E-state index in [4.69, 9.17) is 4.74 Å². The minimum absolute atomic E-state index is 0.0730. The van der Waals surface area contributed by atoms with E-state index in [2.05, 4.69) is 22.4 Å². The summed E-state index contributed by atoms with van der Waals surface area (Å²) in [5.74, 6) is 0.788. The molecule has 1 aliphatic rings. The monoisotopic (exact) mass is 262 g/mol. The summed E-state index contributed by atoms with van der Waals surface area (Å²) in [4.78, 5) is 16.3.